The molecule has 2 unspecified atom stereocenters. The fraction of sp³-hybridized carbons (Fsp3) is 1.00. The first-order valence-corrected chi connectivity index (χ1v) is 5.13. The second-order valence-electron chi connectivity index (χ2n) is 3.78. The van der Waals surface area contributed by atoms with Crippen molar-refractivity contribution in [3.63, 3.8) is 0 Å². The molecule has 1 fully saturated rings. The summed E-state index contributed by atoms with van der Waals surface area (Å²) in [5, 5.41) is 0. The Morgan fingerprint density at radius 2 is 2.00 bits per heavy atom. The van der Waals surface area contributed by atoms with Gasteiger partial charge in [-0.25, -0.2) is 0 Å². The van der Waals surface area contributed by atoms with E-state index < -0.39 is 0 Å². The van der Waals surface area contributed by atoms with Crippen molar-refractivity contribution in [3.8, 4) is 0 Å². The Balaban J connectivity index is 2.29. The van der Waals surface area contributed by atoms with E-state index in [2.05, 4.69) is 6.92 Å². The van der Waals surface area contributed by atoms with E-state index in [1.165, 1.54) is 25.7 Å². The van der Waals surface area contributed by atoms with Gasteiger partial charge in [0, 0.05) is 12.6 Å². The molecule has 2 N–H and O–H groups in total. The van der Waals surface area contributed by atoms with Crippen LogP contribution >= 0.6 is 0 Å². The van der Waals surface area contributed by atoms with Gasteiger partial charge in [0.2, 0.25) is 0 Å². The van der Waals surface area contributed by atoms with Crippen molar-refractivity contribution < 1.29 is 4.74 Å². The molecule has 0 aromatic rings. The molecule has 0 radical (unpaired) electrons. The maximum Gasteiger partial charge on any atom is 0.0700 e. The van der Waals surface area contributed by atoms with Gasteiger partial charge < -0.3 is 10.5 Å². The quantitative estimate of drug-likeness (QED) is 0.701. The number of hydrogen-bond acceptors (Lipinski definition) is 2. The molecule has 12 heavy (non-hydrogen) atoms. The molecule has 0 saturated heterocycles. The van der Waals surface area contributed by atoms with Crippen LogP contribution < -0.4 is 5.73 Å². The van der Waals surface area contributed by atoms with Gasteiger partial charge in [-0.1, -0.05) is 12.8 Å². The predicted molar refractivity (Wildman–Crippen MR) is 51.0 cm³/mol. The Kier molecular flexibility index (Phi) is 4.02. The van der Waals surface area contributed by atoms with Gasteiger partial charge in [0.25, 0.3) is 0 Å². The summed E-state index contributed by atoms with van der Waals surface area (Å²) in [5.41, 5.74) is 6.08. The van der Waals surface area contributed by atoms with E-state index in [1.807, 2.05) is 6.92 Å². The van der Waals surface area contributed by atoms with Crippen molar-refractivity contribution in [1.29, 1.82) is 0 Å². The molecule has 0 spiro atoms. The van der Waals surface area contributed by atoms with Gasteiger partial charge in [-0.2, -0.15) is 0 Å². The Labute approximate surface area is 75.5 Å². The molecule has 0 heterocycles. The zero-order chi connectivity index (χ0) is 8.97. The standard InChI is InChI=1S/C10H21NO/c1-3-12-8(2)10(11)9-6-4-5-7-9/h8-10H,3-7,11H2,1-2H3. The fourth-order valence-corrected chi connectivity index (χ4v) is 2.10. The van der Waals surface area contributed by atoms with E-state index in [1.54, 1.807) is 0 Å². The van der Waals surface area contributed by atoms with Crippen LogP contribution in [-0.4, -0.2) is 18.8 Å². The van der Waals surface area contributed by atoms with Crippen LogP contribution in [0.25, 0.3) is 0 Å². The number of ether oxygens (including phenoxy) is 1. The monoisotopic (exact) mass is 171 g/mol. The molecule has 2 nitrogen and oxygen atoms in total. The minimum Gasteiger partial charge on any atom is -0.377 e. The highest BCUT2D eigenvalue weighted by Gasteiger charge is 2.26. The first kappa shape index (κ1) is 10.0. The van der Waals surface area contributed by atoms with Gasteiger partial charge in [-0.3, -0.25) is 0 Å². The lowest BCUT2D eigenvalue weighted by Gasteiger charge is -2.25. The Morgan fingerprint density at radius 1 is 1.42 bits per heavy atom. The maximum atomic E-state index is 6.08. The normalized spacial score (nSPS) is 24.2. The lowest BCUT2D eigenvalue weighted by atomic mass is 9.95. The summed E-state index contributed by atoms with van der Waals surface area (Å²) in [4.78, 5) is 0. The second kappa shape index (κ2) is 4.83. The molecule has 1 aliphatic carbocycles. The zero-order valence-corrected chi connectivity index (χ0v) is 8.25. The molecule has 0 aliphatic heterocycles. The largest absolute Gasteiger partial charge is 0.377 e. The summed E-state index contributed by atoms with van der Waals surface area (Å²) in [6.07, 6.45) is 5.56. The van der Waals surface area contributed by atoms with E-state index in [9.17, 15) is 0 Å². The summed E-state index contributed by atoms with van der Waals surface area (Å²) < 4.78 is 5.49. The van der Waals surface area contributed by atoms with E-state index in [0.717, 1.165) is 6.61 Å². The number of nitrogens with two attached hydrogens (primary N) is 1. The number of hydrogen-bond donors (Lipinski definition) is 1. The topological polar surface area (TPSA) is 35.2 Å². The Bertz CT molecular complexity index is 121. The van der Waals surface area contributed by atoms with Crippen molar-refractivity contribution in [3.05, 3.63) is 0 Å². The third kappa shape index (κ3) is 2.46. The molecular weight excluding hydrogens is 150 g/mol. The second-order valence-corrected chi connectivity index (χ2v) is 3.78. The van der Waals surface area contributed by atoms with Crippen molar-refractivity contribution in [2.24, 2.45) is 11.7 Å². The molecule has 0 bridgehead atoms. The Hall–Kier alpha value is -0.0800. The highest BCUT2D eigenvalue weighted by molar-refractivity contribution is 4.81. The fourth-order valence-electron chi connectivity index (χ4n) is 2.10. The molecule has 2 heteroatoms. The highest BCUT2D eigenvalue weighted by Crippen LogP contribution is 2.28. The van der Waals surface area contributed by atoms with E-state index in [4.69, 9.17) is 10.5 Å². The van der Waals surface area contributed by atoms with Crippen LogP contribution in [0.15, 0.2) is 0 Å². The summed E-state index contributed by atoms with van der Waals surface area (Å²) in [6, 6.07) is 0.257. The molecule has 0 aromatic carbocycles. The molecule has 0 aromatic heterocycles. The predicted octanol–water partition coefficient (Wildman–Crippen LogP) is 1.93. The van der Waals surface area contributed by atoms with Gasteiger partial charge in [0.15, 0.2) is 0 Å². The first-order valence-electron chi connectivity index (χ1n) is 5.13. The van der Waals surface area contributed by atoms with Crippen molar-refractivity contribution >= 4 is 0 Å². The van der Waals surface area contributed by atoms with Crippen LogP contribution in [0, 0.1) is 5.92 Å². The highest BCUT2D eigenvalue weighted by atomic mass is 16.5. The lowest BCUT2D eigenvalue weighted by molar-refractivity contribution is 0.0428. The Morgan fingerprint density at radius 3 is 2.50 bits per heavy atom. The zero-order valence-electron chi connectivity index (χ0n) is 8.25. The van der Waals surface area contributed by atoms with Crippen LogP contribution in [-0.2, 0) is 4.74 Å². The molecule has 2 atom stereocenters. The molecule has 72 valence electrons. The first-order chi connectivity index (χ1) is 5.75. The summed E-state index contributed by atoms with van der Waals surface area (Å²) in [5.74, 6) is 0.714. The third-order valence-corrected chi connectivity index (χ3v) is 2.92. The smallest absolute Gasteiger partial charge is 0.0700 e. The lowest BCUT2D eigenvalue weighted by Crippen LogP contribution is -2.40. The van der Waals surface area contributed by atoms with Crippen LogP contribution in [0.4, 0.5) is 0 Å². The van der Waals surface area contributed by atoms with Crippen LogP contribution in [0.2, 0.25) is 0 Å². The van der Waals surface area contributed by atoms with Gasteiger partial charge in [0.05, 0.1) is 6.10 Å². The van der Waals surface area contributed by atoms with Crippen LogP contribution in [0.3, 0.4) is 0 Å². The van der Waals surface area contributed by atoms with Gasteiger partial charge in [-0.05, 0) is 32.6 Å². The SMILES string of the molecule is CCOC(C)C(N)C1CCCC1. The maximum absolute atomic E-state index is 6.08. The molecule has 1 saturated carbocycles. The molecule has 1 aliphatic rings. The average molecular weight is 171 g/mol. The number of rotatable bonds is 4. The van der Waals surface area contributed by atoms with E-state index >= 15 is 0 Å². The molecule has 0 amide bonds. The van der Waals surface area contributed by atoms with Crippen molar-refractivity contribution in [2.45, 2.75) is 51.7 Å². The minimum atomic E-state index is 0.234. The molecular formula is C10H21NO. The van der Waals surface area contributed by atoms with E-state index in [-0.39, 0.29) is 12.1 Å². The van der Waals surface area contributed by atoms with Crippen LogP contribution in [0.5, 0.6) is 0 Å². The van der Waals surface area contributed by atoms with Gasteiger partial charge in [-0.15, -0.1) is 0 Å². The van der Waals surface area contributed by atoms with Crippen molar-refractivity contribution in [1.82, 2.24) is 0 Å². The van der Waals surface area contributed by atoms with Crippen LogP contribution in [0.1, 0.15) is 39.5 Å². The summed E-state index contributed by atoms with van der Waals surface area (Å²) in [6.45, 7) is 4.89. The van der Waals surface area contributed by atoms with E-state index in [0.29, 0.717) is 5.92 Å². The molecule has 1 rings (SSSR count). The van der Waals surface area contributed by atoms with Crippen molar-refractivity contribution in [2.75, 3.05) is 6.61 Å². The van der Waals surface area contributed by atoms with Gasteiger partial charge in [0.1, 0.15) is 0 Å². The minimum absolute atomic E-state index is 0.234. The van der Waals surface area contributed by atoms with Gasteiger partial charge >= 0.3 is 0 Å². The average Bonchev–Trinajstić information content (AvgIpc) is 2.55. The summed E-state index contributed by atoms with van der Waals surface area (Å²) >= 11 is 0. The summed E-state index contributed by atoms with van der Waals surface area (Å²) in [7, 11) is 0. The third-order valence-electron chi connectivity index (χ3n) is 2.92.